The third-order valence-corrected chi connectivity index (χ3v) is 4.44. The van der Waals surface area contributed by atoms with Crippen LogP contribution in [0.5, 0.6) is 5.75 Å². The van der Waals surface area contributed by atoms with Crippen LogP contribution in [-0.2, 0) is 6.54 Å². The topological polar surface area (TPSA) is 26.7 Å². The molecule has 1 aromatic rings. The van der Waals surface area contributed by atoms with Crippen LogP contribution in [0.25, 0.3) is 0 Å². The van der Waals surface area contributed by atoms with Crippen molar-refractivity contribution in [2.24, 2.45) is 0 Å². The number of benzene rings is 1. The average Bonchev–Trinajstić information content (AvgIpc) is 2.37. The summed E-state index contributed by atoms with van der Waals surface area (Å²) in [6.07, 6.45) is 1.18. The zero-order valence-corrected chi connectivity index (χ0v) is 12.7. The summed E-state index contributed by atoms with van der Waals surface area (Å²) < 4.78 is 0.779. The number of phenolic OH excluding ortho intramolecular Hbond substituents is 1. The Labute approximate surface area is 118 Å². The smallest absolute Gasteiger partial charge is 0.134 e. The zero-order valence-electron chi connectivity index (χ0n) is 11.1. The van der Waals surface area contributed by atoms with Gasteiger partial charge < -0.3 is 10.0 Å². The second-order valence-corrected chi connectivity index (χ2v) is 5.88. The van der Waals surface area contributed by atoms with Crippen molar-refractivity contribution in [3.63, 3.8) is 0 Å². The lowest BCUT2D eigenvalue weighted by molar-refractivity contribution is 0.0878. The van der Waals surface area contributed by atoms with Crippen molar-refractivity contribution in [3.05, 3.63) is 28.2 Å². The van der Waals surface area contributed by atoms with Crippen LogP contribution in [0.1, 0.15) is 18.9 Å². The standard InChI is InChI=1S/C14H21BrN2O/c1-3-12-10-17(8-7-16(12)2)9-11-5-4-6-13(15)14(11)18/h4-6,12,18H,3,7-10H2,1-2H3. The normalized spacial score (nSPS) is 22.3. The summed E-state index contributed by atoms with van der Waals surface area (Å²) in [5.74, 6) is 0.379. The minimum absolute atomic E-state index is 0.379. The number of rotatable bonds is 3. The number of para-hydroxylation sites is 1. The van der Waals surface area contributed by atoms with Gasteiger partial charge in [0.25, 0.3) is 0 Å². The molecule has 0 radical (unpaired) electrons. The van der Waals surface area contributed by atoms with E-state index < -0.39 is 0 Å². The molecule has 0 aromatic heterocycles. The Balaban J connectivity index is 2.03. The molecule has 0 saturated carbocycles. The fourth-order valence-corrected chi connectivity index (χ4v) is 2.93. The molecular weight excluding hydrogens is 292 g/mol. The minimum Gasteiger partial charge on any atom is -0.506 e. The maximum Gasteiger partial charge on any atom is 0.134 e. The highest BCUT2D eigenvalue weighted by molar-refractivity contribution is 9.10. The molecule has 18 heavy (non-hydrogen) atoms. The highest BCUT2D eigenvalue weighted by Crippen LogP contribution is 2.28. The first-order valence-corrected chi connectivity index (χ1v) is 7.30. The van der Waals surface area contributed by atoms with Crippen LogP contribution in [0.2, 0.25) is 0 Å². The molecule has 1 unspecified atom stereocenters. The number of likely N-dealkylation sites (N-methyl/N-ethyl adjacent to an activating group) is 1. The lowest BCUT2D eigenvalue weighted by Crippen LogP contribution is -2.50. The van der Waals surface area contributed by atoms with Gasteiger partial charge in [-0.3, -0.25) is 4.90 Å². The predicted octanol–water partition coefficient (Wildman–Crippen LogP) is 2.68. The van der Waals surface area contributed by atoms with E-state index in [0.29, 0.717) is 11.8 Å². The van der Waals surface area contributed by atoms with Crippen LogP contribution >= 0.6 is 15.9 Å². The zero-order chi connectivity index (χ0) is 13.1. The molecule has 1 heterocycles. The Bertz CT molecular complexity index is 411. The molecule has 4 heteroatoms. The van der Waals surface area contributed by atoms with Crippen molar-refractivity contribution < 1.29 is 5.11 Å². The third kappa shape index (κ3) is 3.05. The fraction of sp³-hybridized carbons (Fsp3) is 0.571. The number of hydrogen-bond acceptors (Lipinski definition) is 3. The van der Waals surface area contributed by atoms with Crippen LogP contribution in [-0.4, -0.2) is 47.6 Å². The molecule has 0 bridgehead atoms. The molecule has 1 fully saturated rings. The number of hydrogen-bond donors (Lipinski definition) is 1. The summed E-state index contributed by atoms with van der Waals surface area (Å²) in [7, 11) is 2.20. The largest absolute Gasteiger partial charge is 0.506 e. The van der Waals surface area contributed by atoms with E-state index in [1.165, 1.54) is 6.42 Å². The molecule has 0 spiro atoms. The number of piperazine rings is 1. The first-order valence-electron chi connectivity index (χ1n) is 6.50. The third-order valence-electron chi connectivity index (χ3n) is 3.80. The van der Waals surface area contributed by atoms with Gasteiger partial charge in [-0.15, -0.1) is 0 Å². The highest BCUT2D eigenvalue weighted by Gasteiger charge is 2.23. The maximum atomic E-state index is 10.0. The SMILES string of the molecule is CCC1CN(Cc2cccc(Br)c2O)CCN1C. The second-order valence-electron chi connectivity index (χ2n) is 5.03. The van der Waals surface area contributed by atoms with Crippen molar-refractivity contribution in [3.8, 4) is 5.75 Å². The van der Waals surface area contributed by atoms with E-state index in [0.717, 1.165) is 36.2 Å². The van der Waals surface area contributed by atoms with Gasteiger partial charge in [-0.25, -0.2) is 0 Å². The molecule has 1 aliphatic heterocycles. The first kappa shape index (κ1) is 13.8. The van der Waals surface area contributed by atoms with E-state index in [2.05, 4.69) is 39.7 Å². The summed E-state index contributed by atoms with van der Waals surface area (Å²) >= 11 is 3.37. The quantitative estimate of drug-likeness (QED) is 0.929. The minimum atomic E-state index is 0.379. The van der Waals surface area contributed by atoms with Crippen molar-refractivity contribution in [2.45, 2.75) is 25.9 Å². The Morgan fingerprint density at radius 1 is 1.39 bits per heavy atom. The number of nitrogens with zero attached hydrogens (tertiary/aromatic N) is 2. The Morgan fingerprint density at radius 2 is 2.17 bits per heavy atom. The number of phenols is 1. The monoisotopic (exact) mass is 312 g/mol. The summed E-state index contributed by atoms with van der Waals surface area (Å²) in [6.45, 7) is 6.32. The van der Waals surface area contributed by atoms with E-state index in [1.54, 1.807) is 0 Å². The lowest BCUT2D eigenvalue weighted by Gasteiger charge is -2.39. The molecule has 2 rings (SSSR count). The van der Waals surface area contributed by atoms with Gasteiger partial charge in [0, 0.05) is 37.8 Å². The highest BCUT2D eigenvalue weighted by atomic mass is 79.9. The molecule has 0 aliphatic carbocycles. The van der Waals surface area contributed by atoms with Gasteiger partial charge in [-0.2, -0.15) is 0 Å². The van der Waals surface area contributed by atoms with E-state index in [9.17, 15) is 5.11 Å². The second kappa shape index (κ2) is 6.04. The molecule has 1 saturated heterocycles. The van der Waals surface area contributed by atoms with Crippen molar-refractivity contribution in [2.75, 3.05) is 26.7 Å². The predicted molar refractivity (Wildman–Crippen MR) is 77.8 cm³/mol. The van der Waals surface area contributed by atoms with E-state index in [-0.39, 0.29) is 0 Å². The van der Waals surface area contributed by atoms with Crippen LogP contribution < -0.4 is 0 Å². The van der Waals surface area contributed by atoms with Gasteiger partial charge in [0.2, 0.25) is 0 Å². The fourth-order valence-electron chi connectivity index (χ4n) is 2.52. The van der Waals surface area contributed by atoms with Crippen LogP contribution in [0.15, 0.2) is 22.7 Å². The molecule has 1 atom stereocenters. The number of aromatic hydroxyl groups is 1. The maximum absolute atomic E-state index is 10.0. The first-order chi connectivity index (χ1) is 8.61. The van der Waals surface area contributed by atoms with E-state index in [1.807, 2.05) is 18.2 Å². The van der Waals surface area contributed by atoms with Gasteiger partial charge in [0.05, 0.1) is 4.47 Å². The molecule has 1 aromatic carbocycles. The molecule has 1 aliphatic rings. The number of halogens is 1. The Hall–Kier alpha value is -0.580. The van der Waals surface area contributed by atoms with Crippen molar-refractivity contribution in [1.29, 1.82) is 0 Å². The molecular formula is C14H21BrN2O. The Morgan fingerprint density at radius 3 is 2.89 bits per heavy atom. The van der Waals surface area contributed by atoms with E-state index >= 15 is 0 Å². The van der Waals surface area contributed by atoms with E-state index in [4.69, 9.17) is 0 Å². The van der Waals surface area contributed by atoms with Crippen molar-refractivity contribution in [1.82, 2.24) is 9.80 Å². The van der Waals surface area contributed by atoms with Gasteiger partial charge in [0.15, 0.2) is 0 Å². The van der Waals surface area contributed by atoms with Gasteiger partial charge in [-0.1, -0.05) is 19.1 Å². The van der Waals surface area contributed by atoms with Crippen LogP contribution in [0.4, 0.5) is 0 Å². The molecule has 3 nitrogen and oxygen atoms in total. The van der Waals surface area contributed by atoms with Crippen LogP contribution in [0.3, 0.4) is 0 Å². The summed E-state index contributed by atoms with van der Waals surface area (Å²) in [6, 6.07) is 6.48. The molecule has 1 N–H and O–H groups in total. The molecule has 100 valence electrons. The summed E-state index contributed by atoms with van der Waals surface area (Å²) in [4.78, 5) is 4.85. The average molecular weight is 313 g/mol. The van der Waals surface area contributed by atoms with Crippen LogP contribution in [0, 0.1) is 0 Å². The van der Waals surface area contributed by atoms with Gasteiger partial charge >= 0.3 is 0 Å². The molecule has 0 amide bonds. The van der Waals surface area contributed by atoms with Crippen molar-refractivity contribution >= 4 is 15.9 Å². The lowest BCUT2D eigenvalue weighted by atomic mass is 10.1. The summed E-state index contributed by atoms with van der Waals surface area (Å²) in [5, 5.41) is 10.0. The van der Waals surface area contributed by atoms with Gasteiger partial charge in [0.1, 0.15) is 5.75 Å². The Kier molecular flexibility index (Phi) is 4.65. The van der Waals surface area contributed by atoms with Gasteiger partial charge in [-0.05, 0) is 35.5 Å². The summed E-state index contributed by atoms with van der Waals surface area (Å²) in [5.41, 5.74) is 1.00.